The Bertz CT molecular complexity index is 355. The van der Waals surface area contributed by atoms with Gasteiger partial charge in [0.25, 0.3) is 0 Å². The summed E-state index contributed by atoms with van der Waals surface area (Å²) in [4.78, 5) is 0. The molecule has 1 rings (SSSR count). The SMILES string of the molecule is CC(C)C(C)CNCc1cc(Cl)c(N)c(Cl)c1. The highest BCUT2D eigenvalue weighted by Crippen LogP contribution is 2.28. The van der Waals surface area contributed by atoms with Gasteiger partial charge in [0.1, 0.15) is 0 Å². The summed E-state index contributed by atoms with van der Waals surface area (Å²) in [7, 11) is 0. The second-order valence-electron chi connectivity index (χ2n) is 4.83. The Morgan fingerprint density at radius 3 is 2.18 bits per heavy atom. The van der Waals surface area contributed by atoms with Crippen LogP contribution in [0.1, 0.15) is 26.3 Å². The minimum absolute atomic E-state index is 0.452. The van der Waals surface area contributed by atoms with Crippen LogP contribution in [-0.4, -0.2) is 6.54 Å². The third-order valence-corrected chi connectivity index (χ3v) is 3.70. The highest BCUT2D eigenvalue weighted by Gasteiger charge is 2.07. The normalized spacial score (nSPS) is 13.1. The highest BCUT2D eigenvalue weighted by molar-refractivity contribution is 6.38. The van der Waals surface area contributed by atoms with E-state index in [0.717, 1.165) is 18.7 Å². The molecule has 0 aromatic heterocycles. The Hall–Kier alpha value is -0.440. The van der Waals surface area contributed by atoms with Gasteiger partial charge in [0.2, 0.25) is 0 Å². The summed E-state index contributed by atoms with van der Waals surface area (Å²) in [5.74, 6) is 1.33. The lowest BCUT2D eigenvalue weighted by atomic mass is 9.98. The summed E-state index contributed by atoms with van der Waals surface area (Å²) < 4.78 is 0. The zero-order valence-corrected chi connectivity index (χ0v) is 12.1. The zero-order chi connectivity index (χ0) is 13.0. The molecule has 1 unspecified atom stereocenters. The van der Waals surface area contributed by atoms with E-state index in [2.05, 4.69) is 26.1 Å². The van der Waals surface area contributed by atoms with Crippen molar-refractivity contribution in [2.24, 2.45) is 11.8 Å². The van der Waals surface area contributed by atoms with Gasteiger partial charge in [0, 0.05) is 6.54 Å². The van der Waals surface area contributed by atoms with Crippen molar-refractivity contribution in [3.63, 3.8) is 0 Å². The van der Waals surface area contributed by atoms with Crippen LogP contribution < -0.4 is 11.1 Å². The fraction of sp³-hybridized carbons (Fsp3) is 0.538. The van der Waals surface area contributed by atoms with Crippen LogP contribution in [0.15, 0.2) is 12.1 Å². The van der Waals surface area contributed by atoms with Gasteiger partial charge < -0.3 is 11.1 Å². The lowest BCUT2D eigenvalue weighted by Gasteiger charge is -2.16. The van der Waals surface area contributed by atoms with Gasteiger partial charge in [-0.15, -0.1) is 0 Å². The minimum Gasteiger partial charge on any atom is -0.396 e. The maximum atomic E-state index is 5.97. The van der Waals surface area contributed by atoms with Crippen LogP contribution in [0, 0.1) is 11.8 Å². The summed E-state index contributed by atoms with van der Waals surface area (Å²) in [5, 5.41) is 4.44. The molecule has 0 aliphatic carbocycles. The first-order valence-electron chi connectivity index (χ1n) is 5.86. The van der Waals surface area contributed by atoms with Crippen LogP contribution in [0.25, 0.3) is 0 Å². The number of nitrogen functional groups attached to an aromatic ring is 1. The average molecular weight is 275 g/mol. The number of rotatable bonds is 5. The maximum Gasteiger partial charge on any atom is 0.0693 e. The smallest absolute Gasteiger partial charge is 0.0693 e. The molecule has 0 fully saturated rings. The molecule has 0 spiro atoms. The van der Waals surface area contributed by atoms with Crippen LogP contribution >= 0.6 is 23.2 Å². The first-order valence-corrected chi connectivity index (χ1v) is 6.61. The molecule has 0 saturated carbocycles. The summed E-state index contributed by atoms with van der Waals surface area (Å²) in [5.41, 5.74) is 7.19. The number of anilines is 1. The van der Waals surface area contributed by atoms with Crippen molar-refractivity contribution >= 4 is 28.9 Å². The van der Waals surface area contributed by atoms with Crippen molar-refractivity contribution in [1.82, 2.24) is 5.32 Å². The molecule has 1 aromatic rings. The Morgan fingerprint density at radius 2 is 1.71 bits per heavy atom. The fourth-order valence-electron chi connectivity index (χ4n) is 1.42. The first kappa shape index (κ1) is 14.6. The summed E-state index contributed by atoms with van der Waals surface area (Å²) >= 11 is 11.9. The summed E-state index contributed by atoms with van der Waals surface area (Å²) in [6.07, 6.45) is 0. The van der Waals surface area contributed by atoms with Crippen LogP contribution in [0.3, 0.4) is 0 Å². The quantitative estimate of drug-likeness (QED) is 0.798. The van der Waals surface area contributed by atoms with E-state index >= 15 is 0 Å². The Labute approximate surface area is 113 Å². The molecule has 4 heteroatoms. The molecular formula is C13H20Cl2N2. The minimum atomic E-state index is 0.452. The van der Waals surface area contributed by atoms with Crippen molar-refractivity contribution in [1.29, 1.82) is 0 Å². The van der Waals surface area contributed by atoms with E-state index in [4.69, 9.17) is 28.9 Å². The van der Waals surface area contributed by atoms with Crippen molar-refractivity contribution in [3.05, 3.63) is 27.7 Å². The van der Waals surface area contributed by atoms with Crippen LogP contribution in [0.5, 0.6) is 0 Å². The van der Waals surface area contributed by atoms with E-state index in [1.54, 1.807) is 0 Å². The average Bonchev–Trinajstić information content (AvgIpc) is 2.25. The van der Waals surface area contributed by atoms with Gasteiger partial charge >= 0.3 is 0 Å². The van der Waals surface area contributed by atoms with Gasteiger partial charge in [-0.25, -0.2) is 0 Å². The molecule has 0 saturated heterocycles. The van der Waals surface area contributed by atoms with E-state index in [-0.39, 0.29) is 0 Å². The summed E-state index contributed by atoms with van der Waals surface area (Å²) in [6.45, 7) is 8.43. The maximum absolute atomic E-state index is 5.97. The Balaban J connectivity index is 2.53. The molecule has 0 heterocycles. The third-order valence-electron chi connectivity index (χ3n) is 3.07. The third kappa shape index (κ3) is 4.38. The van der Waals surface area contributed by atoms with Gasteiger partial charge in [0.05, 0.1) is 15.7 Å². The predicted octanol–water partition coefficient (Wildman–Crippen LogP) is 3.96. The lowest BCUT2D eigenvalue weighted by molar-refractivity contribution is 0.392. The van der Waals surface area contributed by atoms with E-state index in [1.165, 1.54) is 0 Å². The first-order chi connectivity index (χ1) is 7.91. The number of hydrogen-bond acceptors (Lipinski definition) is 2. The number of benzene rings is 1. The largest absolute Gasteiger partial charge is 0.396 e. The topological polar surface area (TPSA) is 38.0 Å². The van der Waals surface area contributed by atoms with Gasteiger partial charge in [-0.05, 0) is 36.1 Å². The standard InChI is InChI=1S/C13H20Cl2N2/c1-8(2)9(3)6-17-7-10-4-11(14)13(16)12(15)5-10/h4-5,8-9,17H,6-7,16H2,1-3H3. The Morgan fingerprint density at radius 1 is 1.18 bits per heavy atom. The molecule has 2 nitrogen and oxygen atoms in total. The van der Waals surface area contributed by atoms with E-state index in [9.17, 15) is 0 Å². The van der Waals surface area contributed by atoms with Crippen molar-refractivity contribution in [2.75, 3.05) is 12.3 Å². The zero-order valence-electron chi connectivity index (χ0n) is 10.6. The molecule has 17 heavy (non-hydrogen) atoms. The molecule has 96 valence electrons. The van der Waals surface area contributed by atoms with Crippen LogP contribution in [-0.2, 0) is 6.54 Å². The predicted molar refractivity (Wildman–Crippen MR) is 76.6 cm³/mol. The molecule has 1 aromatic carbocycles. The molecular weight excluding hydrogens is 255 g/mol. The Kier molecular flexibility index (Phi) is 5.57. The van der Waals surface area contributed by atoms with E-state index in [0.29, 0.717) is 27.6 Å². The number of hydrogen-bond donors (Lipinski definition) is 2. The monoisotopic (exact) mass is 274 g/mol. The van der Waals surface area contributed by atoms with Crippen LogP contribution in [0.4, 0.5) is 5.69 Å². The molecule has 0 radical (unpaired) electrons. The van der Waals surface area contributed by atoms with Gasteiger partial charge in [0.15, 0.2) is 0 Å². The molecule has 1 atom stereocenters. The molecule has 0 aliphatic rings. The van der Waals surface area contributed by atoms with Gasteiger partial charge in [-0.3, -0.25) is 0 Å². The molecule has 0 amide bonds. The van der Waals surface area contributed by atoms with Crippen molar-refractivity contribution < 1.29 is 0 Å². The molecule has 0 aliphatic heterocycles. The van der Waals surface area contributed by atoms with Gasteiger partial charge in [-0.1, -0.05) is 44.0 Å². The number of halogens is 2. The molecule has 3 N–H and O–H groups in total. The second kappa shape index (κ2) is 6.48. The second-order valence-corrected chi connectivity index (χ2v) is 5.64. The van der Waals surface area contributed by atoms with Crippen molar-refractivity contribution in [2.45, 2.75) is 27.3 Å². The van der Waals surface area contributed by atoms with Crippen molar-refractivity contribution in [3.8, 4) is 0 Å². The van der Waals surface area contributed by atoms with Gasteiger partial charge in [-0.2, -0.15) is 0 Å². The lowest BCUT2D eigenvalue weighted by Crippen LogP contribution is -2.23. The fourth-order valence-corrected chi connectivity index (χ4v) is 1.95. The summed E-state index contributed by atoms with van der Waals surface area (Å²) in [6, 6.07) is 3.71. The number of nitrogens with one attached hydrogen (secondary N) is 1. The number of nitrogens with two attached hydrogens (primary N) is 1. The molecule has 0 bridgehead atoms. The van der Waals surface area contributed by atoms with E-state index < -0.39 is 0 Å². The van der Waals surface area contributed by atoms with Crippen LogP contribution in [0.2, 0.25) is 10.0 Å². The van der Waals surface area contributed by atoms with E-state index in [1.807, 2.05) is 12.1 Å². The highest BCUT2D eigenvalue weighted by atomic mass is 35.5.